The number of thiophene rings is 1. The second-order valence-corrected chi connectivity index (χ2v) is 6.42. The third-order valence-corrected chi connectivity index (χ3v) is 4.78. The van der Waals surface area contributed by atoms with E-state index >= 15 is 0 Å². The molecule has 0 saturated heterocycles. The van der Waals surface area contributed by atoms with Gasteiger partial charge in [0.2, 0.25) is 0 Å². The first-order chi connectivity index (χ1) is 11.5. The molecule has 24 heavy (non-hydrogen) atoms. The first-order valence-corrected chi connectivity index (χ1v) is 8.17. The van der Waals surface area contributed by atoms with Gasteiger partial charge in [-0.25, -0.2) is 4.98 Å². The number of nitrogens with one attached hydrogen (secondary N) is 1. The van der Waals surface area contributed by atoms with E-state index in [4.69, 9.17) is 5.26 Å². The van der Waals surface area contributed by atoms with E-state index in [1.165, 1.54) is 21.9 Å². The quantitative estimate of drug-likeness (QED) is 0.795. The minimum Gasteiger partial charge on any atom is -0.312 e. The number of carbonyl (C=O) groups is 1. The zero-order valence-electron chi connectivity index (χ0n) is 13.2. The number of carbonyl (C=O) groups excluding carboxylic acids is 1. The molecule has 0 aliphatic carbocycles. The lowest BCUT2D eigenvalue weighted by Crippen LogP contribution is -2.26. The molecule has 0 aliphatic heterocycles. The molecule has 0 bridgehead atoms. The summed E-state index contributed by atoms with van der Waals surface area (Å²) in [7, 11) is 0. The molecule has 3 heterocycles. The van der Waals surface area contributed by atoms with Crippen LogP contribution in [-0.2, 0) is 6.42 Å². The van der Waals surface area contributed by atoms with Crippen LogP contribution in [0.15, 0.2) is 35.4 Å². The van der Waals surface area contributed by atoms with Crippen LogP contribution in [0.5, 0.6) is 0 Å². The molecule has 1 N–H and O–H groups in total. The molecule has 0 unspecified atom stereocenters. The van der Waals surface area contributed by atoms with Gasteiger partial charge in [-0.2, -0.15) is 5.26 Å². The van der Waals surface area contributed by atoms with Gasteiger partial charge in [0, 0.05) is 17.3 Å². The maximum Gasteiger partial charge on any atom is 0.270 e. The van der Waals surface area contributed by atoms with Crippen LogP contribution in [0.25, 0.3) is 5.65 Å². The highest BCUT2D eigenvalue weighted by Gasteiger charge is 2.17. The Hall–Kier alpha value is -2.98. The van der Waals surface area contributed by atoms with E-state index in [0.29, 0.717) is 16.2 Å². The summed E-state index contributed by atoms with van der Waals surface area (Å²) in [6.45, 7) is 3.87. The fourth-order valence-electron chi connectivity index (χ4n) is 2.30. The van der Waals surface area contributed by atoms with Gasteiger partial charge in [-0.15, -0.1) is 11.3 Å². The highest BCUT2D eigenvalue weighted by molar-refractivity contribution is 7.16. The van der Waals surface area contributed by atoms with Crippen LogP contribution in [0.4, 0.5) is 5.00 Å². The molecule has 0 fully saturated rings. The fraction of sp³-hybridized carbons (Fsp3) is 0.176. The van der Waals surface area contributed by atoms with Gasteiger partial charge >= 0.3 is 0 Å². The Balaban J connectivity index is 1.99. The van der Waals surface area contributed by atoms with Gasteiger partial charge < -0.3 is 5.32 Å². The number of hydrogen-bond donors (Lipinski definition) is 1. The first kappa shape index (κ1) is 15.9. The Bertz CT molecular complexity index is 1040. The fourth-order valence-corrected chi connectivity index (χ4v) is 3.24. The van der Waals surface area contributed by atoms with Gasteiger partial charge in [-0.1, -0.05) is 6.92 Å². The third kappa shape index (κ3) is 2.79. The van der Waals surface area contributed by atoms with E-state index in [0.717, 1.165) is 16.9 Å². The highest BCUT2D eigenvalue weighted by atomic mass is 32.1. The smallest absolute Gasteiger partial charge is 0.270 e. The summed E-state index contributed by atoms with van der Waals surface area (Å²) in [4.78, 5) is 30.1. The zero-order valence-corrected chi connectivity index (χ0v) is 14.0. The van der Waals surface area contributed by atoms with E-state index < -0.39 is 11.5 Å². The number of fused-ring (bicyclic) bond motifs is 1. The molecule has 0 saturated carbocycles. The van der Waals surface area contributed by atoms with Crippen molar-refractivity contribution in [3.8, 4) is 6.07 Å². The van der Waals surface area contributed by atoms with E-state index in [9.17, 15) is 9.59 Å². The predicted octanol–water partition coefficient (Wildman–Crippen LogP) is 2.75. The van der Waals surface area contributed by atoms with E-state index in [-0.39, 0.29) is 5.56 Å². The lowest BCUT2D eigenvalue weighted by molar-refractivity contribution is 0.102. The van der Waals surface area contributed by atoms with Crippen LogP contribution in [0.1, 0.15) is 33.3 Å². The van der Waals surface area contributed by atoms with Gasteiger partial charge in [-0.05, 0) is 37.1 Å². The number of anilines is 1. The Morgan fingerprint density at radius 2 is 2.25 bits per heavy atom. The van der Waals surface area contributed by atoms with Crippen molar-refractivity contribution in [2.24, 2.45) is 0 Å². The van der Waals surface area contributed by atoms with Crippen LogP contribution in [0, 0.1) is 18.3 Å². The topological polar surface area (TPSA) is 87.3 Å². The number of aryl methyl sites for hydroxylation is 2. The van der Waals surface area contributed by atoms with Crippen molar-refractivity contribution in [2.45, 2.75) is 20.3 Å². The molecular formula is C17H14N4O2S. The number of rotatable bonds is 3. The van der Waals surface area contributed by atoms with E-state index in [1.54, 1.807) is 24.4 Å². The summed E-state index contributed by atoms with van der Waals surface area (Å²) in [5.74, 6) is -0.566. The minimum absolute atomic E-state index is 0.0632. The van der Waals surface area contributed by atoms with Crippen LogP contribution < -0.4 is 10.9 Å². The highest BCUT2D eigenvalue weighted by Crippen LogP contribution is 2.28. The largest absolute Gasteiger partial charge is 0.312 e. The Morgan fingerprint density at radius 3 is 2.96 bits per heavy atom. The molecule has 1 amide bonds. The Morgan fingerprint density at radius 1 is 1.46 bits per heavy atom. The van der Waals surface area contributed by atoms with Gasteiger partial charge in [-0.3, -0.25) is 14.0 Å². The molecule has 3 aromatic heterocycles. The summed E-state index contributed by atoms with van der Waals surface area (Å²) in [5, 5.41) is 12.3. The molecule has 0 spiro atoms. The van der Waals surface area contributed by atoms with Gasteiger partial charge in [0.05, 0.1) is 5.56 Å². The molecule has 0 aromatic carbocycles. The molecule has 3 aromatic rings. The van der Waals surface area contributed by atoms with Crippen molar-refractivity contribution >= 4 is 27.9 Å². The first-order valence-electron chi connectivity index (χ1n) is 7.35. The number of nitrogens with zero attached hydrogens (tertiary/aromatic N) is 3. The molecule has 0 aliphatic rings. The van der Waals surface area contributed by atoms with Gasteiger partial charge in [0.1, 0.15) is 22.3 Å². The van der Waals surface area contributed by atoms with Crippen LogP contribution in [-0.4, -0.2) is 15.3 Å². The van der Waals surface area contributed by atoms with Crippen molar-refractivity contribution in [1.82, 2.24) is 9.38 Å². The SMILES string of the molecule is CCc1cc(C#N)c(NC(=O)c2cnc3cc(C)ccn3c2=O)s1. The normalized spacial score (nSPS) is 10.5. The maximum atomic E-state index is 12.5. The van der Waals surface area contributed by atoms with Crippen molar-refractivity contribution in [1.29, 1.82) is 5.26 Å². The second kappa shape index (κ2) is 6.26. The van der Waals surface area contributed by atoms with Crippen molar-refractivity contribution < 1.29 is 4.79 Å². The average Bonchev–Trinajstić information content (AvgIpc) is 2.97. The summed E-state index contributed by atoms with van der Waals surface area (Å²) in [6.07, 6.45) is 3.64. The molecular weight excluding hydrogens is 324 g/mol. The third-order valence-electron chi connectivity index (χ3n) is 3.59. The minimum atomic E-state index is -0.566. The van der Waals surface area contributed by atoms with Crippen molar-refractivity contribution in [2.75, 3.05) is 5.32 Å². The molecule has 7 heteroatoms. The van der Waals surface area contributed by atoms with Gasteiger partial charge in [0.25, 0.3) is 11.5 Å². The second-order valence-electron chi connectivity index (χ2n) is 5.28. The average molecular weight is 338 g/mol. The maximum absolute atomic E-state index is 12.5. The van der Waals surface area contributed by atoms with Crippen LogP contribution in [0.2, 0.25) is 0 Å². The number of amides is 1. The number of pyridine rings is 1. The number of nitriles is 1. The molecule has 0 atom stereocenters. The summed E-state index contributed by atoms with van der Waals surface area (Å²) >= 11 is 1.33. The van der Waals surface area contributed by atoms with Gasteiger partial charge in [0.15, 0.2) is 0 Å². The standard InChI is InChI=1S/C17H14N4O2S/c1-3-12-7-11(8-18)16(24-12)20-15(22)13-9-19-14-6-10(2)4-5-21(14)17(13)23/h4-7,9H,3H2,1-2H3,(H,20,22). The Labute approximate surface area is 142 Å². The van der Waals surface area contributed by atoms with Crippen molar-refractivity contribution in [3.05, 3.63) is 62.5 Å². The predicted molar refractivity (Wildman–Crippen MR) is 92.6 cm³/mol. The molecule has 6 nitrogen and oxygen atoms in total. The molecule has 3 rings (SSSR count). The van der Waals surface area contributed by atoms with Crippen LogP contribution >= 0.6 is 11.3 Å². The Kier molecular flexibility index (Phi) is 4.15. The van der Waals surface area contributed by atoms with Crippen LogP contribution in [0.3, 0.4) is 0 Å². The number of aromatic nitrogens is 2. The summed E-state index contributed by atoms with van der Waals surface area (Å²) in [6, 6.07) is 7.34. The molecule has 120 valence electrons. The number of hydrogen-bond acceptors (Lipinski definition) is 5. The van der Waals surface area contributed by atoms with Crippen molar-refractivity contribution in [3.63, 3.8) is 0 Å². The summed E-state index contributed by atoms with van der Waals surface area (Å²) in [5.41, 5.74) is 1.35. The molecule has 0 radical (unpaired) electrons. The van der Waals surface area contributed by atoms with E-state index in [1.807, 2.05) is 13.8 Å². The monoisotopic (exact) mass is 338 g/mol. The summed E-state index contributed by atoms with van der Waals surface area (Å²) < 4.78 is 1.33. The zero-order chi connectivity index (χ0) is 17.3. The lowest BCUT2D eigenvalue weighted by atomic mass is 10.2. The van der Waals surface area contributed by atoms with E-state index in [2.05, 4.69) is 16.4 Å². The lowest BCUT2D eigenvalue weighted by Gasteiger charge is -2.05.